The molecule has 2 aromatic carbocycles. The van der Waals surface area contributed by atoms with Crippen LogP contribution in [0.25, 0.3) is 0 Å². The van der Waals surface area contributed by atoms with E-state index in [1.165, 1.54) is 26.0 Å². The first-order valence-electron chi connectivity index (χ1n) is 7.50. The highest BCUT2D eigenvalue weighted by Gasteiger charge is 2.18. The first-order chi connectivity index (χ1) is 12.0. The number of nitrogens with zero attached hydrogens (tertiary/aromatic N) is 1. The van der Waals surface area contributed by atoms with Gasteiger partial charge in [-0.1, -0.05) is 23.7 Å². The lowest BCUT2D eigenvalue weighted by Crippen LogP contribution is -2.36. The van der Waals surface area contributed by atoms with Crippen molar-refractivity contribution in [3.63, 3.8) is 0 Å². The average molecular weight is 363 g/mol. The molecule has 2 amide bonds. The fourth-order valence-electron chi connectivity index (χ4n) is 2.29. The maximum Gasteiger partial charge on any atom is 0.244 e. The van der Waals surface area contributed by atoms with Gasteiger partial charge in [0, 0.05) is 18.7 Å². The van der Waals surface area contributed by atoms with Gasteiger partial charge >= 0.3 is 0 Å². The molecule has 0 bridgehead atoms. The average Bonchev–Trinajstić information content (AvgIpc) is 2.60. The van der Waals surface area contributed by atoms with Crippen molar-refractivity contribution >= 4 is 34.8 Å². The summed E-state index contributed by atoms with van der Waals surface area (Å²) in [4.78, 5) is 25.6. The molecule has 1 N–H and O–H groups in total. The third-order valence-corrected chi connectivity index (χ3v) is 3.81. The van der Waals surface area contributed by atoms with Crippen LogP contribution in [0, 0.1) is 0 Å². The summed E-state index contributed by atoms with van der Waals surface area (Å²) in [7, 11) is 3.04. The number of halogens is 1. The number of hydrogen-bond donors (Lipinski definition) is 1. The van der Waals surface area contributed by atoms with Gasteiger partial charge in [-0.25, -0.2) is 0 Å². The number of carbonyl (C=O) groups is 2. The van der Waals surface area contributed by atoms with Crippen LogP contribution in [0.1, 0.15) is 6.92 Å². The predicted molar refractivity (Wildman–Crippen MR) is 97.7 cm³/mol. The Morgan fingerprint density at radius 1 is 1.08 bits per heavy atom. The first-order valence-corrected chi connectivity index (χ1v) is 7.88. The van der Waals surface area contributed by atoms with Crippen molar-refractivity contribution in [2.24, 2.45) is 0 Å². The summed E-state index contributed by atoms with van der Waals surface area (Å²) >= 11 is 6.12. The minimum atomic E-state index is -0.359. The van der Waals surface area contributed by atoms with Crippen molar-refractivity contribution in [2.45, 2.75) is 6.92 Å². The molecular weight excluding hydrogens is 344 g/mol. The number of benzene rings is 2. The van der Waals surface area contributed by atoms with Crippen LogP contribution in [0.15, 0.2) is 42.5 Å². The van der Waals surface area contributed by atoms with Crippen LogP contribution in [0.3, 0.4) is 0 Å². The van der Waals surface area contributed by atoms with Crippen molar-refractivity contribution in [3.8, 4) is 11.5 Å². The highest BCUT2D eigenvalue weighted by atomic mass is 35.5. The summed E-state index contributed by atoms with van der Waals surface area (Å²) in [6.45, 7) is 1.22. The maximum absolute atomic E-state index is 12.3. The van der Waals surface area contributed by atoms with Gasteiger partial charge in [-0.2, -0.15) is 0 Å². The van der Waals surface area contributed by atoms with Gasteiger partial charge in [0.05, 0.1) is 24.9 Å². The second kappa shape index (κ2) is 8.39. The smallest absolute Gasteiger partial charge is 0.244 e. The molecule has 2 rings (SSSR count). The lowest BCUT2D eigenvalue weighted by Gasteiger charge is -2.21. The van der Waals surface area contributed by atoms with E-state index in [0.717, 1.165) is 0 Å². The molecule has 0 saturated heterocycles. The van der Waals surface area contributed by atoms with Gasteiger partial charge in [0.15, 0.2) is 11.5 Å². The van der Waals surface area contributed by atoms with E-state index in [1.54, 1.807) is 42.5 Å². The summed E-state index contributed by atoms with van der Waals surface area (Å²) in [6.07, 6.45) is 0. The zero-order chi connectivity index (χ0) is 18.4. The number of hydrogen-bond acceptors (Lipinski definition) is 4. The molecular formula is C18H19ClN2O4. The standard InChI is InChI=1S/C18H19ClN2O4/c1-12(22)21(15-7-5-4-6-14(15)19)11-18(23)20-13-8-9-16(24-2)17(10-13)25-3/h4-10H,11H2,1-3H3,(H,20,23). The Bertz CT molecular complexity index is 779. The molecule has 0 atom stereocenters. The number of rotatable bonds is 6. The number of anilines is 2. The quantitative estimate of drug-likeness (QED) is 0.855. The third kappa shape index (κ3) is 4.64. The molecule has 132 valence electrons. The Hall–Kier alpha value is -2.73. The predicted octanol–water partition coefficient (Wildman–Crippen LogP) is 3.35. The van der Waals surface area contributed by atoms with Gasteiger partial charge in [0.25, 0.3) is 0 Å². The highest BCUT2D eigenvalue weighted by molar-refractivity contribution is 6.33. The van der Waals surface area contributed by atoms with E-state index < -0.39 is 0 Å². The lowest BCUT2D eigenvalue weighted by molar-refractivity contribution is -0.120. The van der Waals surface area contributed by atoms with Gasteiger partial charge in [0.1, 0.15) is 6.54 Å². The molecule has 0 fully saturated rings. The maximum atomic E-state index is 12.3. The molecule has 0 spiro atoms. The van der Waals surface area contributed by atoms with Gasteiger partial charge in [0.2, 0.25) is 11.8 Å². The van der Waals surface area contributed by atoms with Crippen LogP contribution in [0.5, 0.6) is 11.5 Å². The van der Waals surface area contributed by atoms with Crippen molar-refractivity contribution in [1.82, 2.24) is 0 Å². The minimum Gasteiger partial charge on any atom is -0.493 e. The Labute approximate surface area is 151 Å². The van der Waals surface area contributed by atoms with Crippen molar-refractivity contribution < 1.29 is 19.1 Å². The molecule has 0 aromatic heterocycles. The molecule has 25 heavy (non-hydrogen) atoms. The molecule has 6 nitrogen and oxygen atoms in total. The molecule has 0 saturated carbocycles. The summed E-state index contributed by atoms with van der Waals surface area (Å²) in [5.41, 5.74) is 1.02. The molecule has 0 radical (unpaired) electrons. The summed E-state index contributed by atoms with van der Waals surface area (Å²) in [5, 5.41) is 3.13. The number of methoxy groups -OCH3 is 2. The second-order valence-electron chi connectivity index (χ2n) is 5.17. The summed E-state index contributed by atoms with van der Waals surface area (Å²) in [6, 6.07) is 11.9. The van der Waals surface area contributed by atoms with Gasteiger partial charge in [-0.05, 0) is 24.3 Å². The fourth-order valence-corrected chi connectivity index (χ4v) is 2.53. The number of nitrogens with one attached hydrogen (secondary N) is 1. The van der Waals surface area contributed by atoms with E-state index in [0.29, 0.717) is 27.9 Å². The van der Waals surface area contributed by atoms with E-state index in [1.807, 2.05) is 0 Å². The highest BCUT2D eigenvalue weighted by Crippen LogP contribution is 2.30. The topological polar surface area (TPSA) is 67.9 Å². The van der Waals surface area contributed by atoms with Crippen LogP contribution in [-0.4, -0.2) is 32.6 Å². The van der Waals surface area contributed by atoms with E-state index >= 15 is 0 Å². The third-order valence-electron chi connectivity index (χ3n) is 3.49. The van der Waals surface area contributed by atoms with Gasteiger partial charge in [-0.15, -0.1) is 0 Å². The van der Waals surface area contributed by atoms with Crippen molar-refractivity contribution in [2.75, 3.05) is 31.0 Å². The largest absolute Gasteiger partial charge is 0.493 e. The Balaban J connectivity index is 2.15. The number of para-hydroxylation sites is 1. The van der Waals surface area contributed by atoms with Crippen LogP contribution in [0.4, 0.5) is 11.4 Å². The van der Waals surface area contributed by atoms with Crippen molar-refractivity contribution in [3.05, 3.63) is 47.5 Å². The number of carbonyl (C=O) groups excluding carboxylic acids is 2. The SMILES string of the molecule is COc1ccc(NC(=O)CN(C(C)=O)c2ccccc2Cl)cc1OC. The Morgan fingerprint density at radius 3 is 2.36 bits per heavy atom. The van der Waals surface area contributed by atoms with E-state index in [9.17, 15) is 9.59 Å². The van der Waals surface area contributed by atoms with E-state index in [-0.39, 0.29) is 18.4 Å². The Morgan fingerprint density at radius 2 is 1.76 bits per heavy atom. The van der Waals surface area contributed by atoms with Crippen LogP contribution in [-0.2, 0) is 9.59 Å². The normalized spacial score (nSPS) is 10.1. The minimum absolute atomic E-state index is 0.159. The van der Waals surface area contributed by atoms with Crippen LogP contribution in [0.2, 0.25) is 5.02 Å². The van der Waals surface area contributed by atoms with Crippen LogP contribution < -0.4 is 19.7 Å². The Kier molecular flexibility index (Phi) is 6.25. The van der Waals surface area contributed by atoms with Gasteiger partial charge in [-0.3, -0.25) is 9.59 Å². The summed E-state index contributed by atoms with van der Waals surface area (Å²) < 4.78 is 10.4. The molecule has 0 unspecified atom stereocenters. The molecule has 2 aromatic rings. The van der Waals surface area contributed by atoms with Crippen molar-refractivity contribution in [1.29, 1.82) is 0 Å². The lowest BCUT2D eigenvalue weighted by atomic mass is 10.2. The second-order valence-corrected chi connectivity index (χ2v) is 5.58. The van der Waals surface area contributed by atoms with Gasteiger partial charge < -0.3 is 19.7 Å². The monoisotopic (exact) mass is 362 g/mol. The van der Waals surface area contributed by atoms with E-state index in [4.69, 9.17) is 21.1 Å². The first kappa shape index (κ1) is 18.6. The fraction of sp³-hybridized carbons (Fsp3) is 0.222. The molecule has 0 heterocycles. The molecule has 0 aliphatic heterocycles. The van der Waals surface area contributed by atoms with Crippen LogP contribution >= 0.6 is 11.6 Å². The zero-order valence-electron chi connectivity index (χ0n) is 14.2. The molecule has 0 aliphatic carbocycles. The number of amides is 2. The summed E-state index contributed by atoms with van der Waals surface area (Å²) in [5.74, 6) is 0.412. The zero-order valence-corrected chi connectivity index (χ0v) is 15.0. The number of ether oxygens (including phenoxy) is 2. The molecule has 0 aliphatic rings. The molecule has 7 heteroatoms. The van der Waals surface area contributed by atoms with E-state index in [2.05, 4.69) is 5.32 Å².